The summed E-state index contributed by atoms with van der Waals surface area (Å²) in [4.78, 5) is 20.9. The molecule has 0 saturated carbocycles. The van der Waals surface area contributed by atoms with Gasteiger partial charge >= 0.3 is 6.03 Å². The Kier molecular flexibility index (Phi) is 2.47. The molecule has 0 spiro atoms. The van der Waals surface area contributed by atoms with Crippen LogP contribution in [0.1, 0.15) is 11.7 Å². The molecule has 2 heterocycles. The largest absolute Gasteiger partial charge is 0.385 e. The highest BCUT2D eigenvalue weighted by Gasteiger charge is 2.35. The molecule has 0 radical (unpaired) electrons. The molecule has 16 heavy (non-hydrogen) atoms. The van der Waals surface area contributed by atoms with Gasteiger partial charge in [-0.1, -0.05) is 6.08 Å². The highest BCUT2D eigenvalue weighted by Crippen LogP contribution is 2.25. The number of carbonyl (C=O) groups excluding carboxylic acids is 1. The number of carbonyl (C=O) groups is 1. The lowest BCUT2D eigenvalue weighted by molar-refractivity contribution is 0.211. The predicted molar refractivity (Wildman–Crippen MR) is 59.9 cm³/mol. The van der Waals surface area contributed by atoms with Crippen molar-refractivity contribution in [2.75, 3.05) is 6.54 Å². The number of urea groups is 1. The Morgan fingerprint density at radius 3 is 3.00 bits per heavy atom. The fourth-order valence-electron chi connectivity index (χ4n) is 1.77. The van der Waals surface area contributed by atoms with Crippen LogP contribution < -0.4 is 5.73 Å². The fraction of sp³-hybridized carbons (Fsp3) is 0.300. The number of nitrogens with two attached hydrogens (primary N) is 1. The number of imidazole rings is 1. The van der Waals surface area contributed by atoms with Crippen molar-refractivity contribution in [1.29, 1.82) is 0 Å². The first-order chi connectivity index (χ1) is 7.65. The second kappa shape index (κ2) is 3.80. The van der Waals surface area contributed by atoms with Crippen LogP contribution in [0.25, 0.3) is 0 Å². The van der Waals surface area contributed by atoms with Crippen LogP contribution in [-0.4, -0.2) is 32.9 Å². The standard InChI is InChI=1S/C10H13N5O/c1-3-4-15-8(9(11)13-10(15)16)7-5-12-6-14(7)2/h3,5-6,8H,1,4H2,2H3,(H2,11,13,16). The van der Waals surface area contributed by atoms with Crippen molar-refractivity contribution >= 4 is 11.9 Å². The van der Waals surface area contributed by atoms with E-state index in [0.717, 1.165) is 5.69 Å². The average Bonchev–Trinajstić information content (AvgIpc) is 2.73. The number of nitrogens with zero attached hydrogens (tertiary/aromatic N) is 4. The van der Waals surface area contributed by atoms with Gasteiger partial charge in [0.25, 0.3) is 0 Å². The highest BCUT2D eigenvalue weighted by molar-refractivity contribution is 6.03. The van der Waals surface area contributed by atoms with Crippen molar-refractivity contribution < 1.29 is 4.79 Å². The van der Waals surface area contributed by atoms with E-state index >= 15 is 0 Å². The van der Waals surface area contributed by atoms with Crippen LogP contribution in [0.4, 0.5) is 4.79 Å². The Hall–Kier alpha value is -2.11. The Morgan fingerprint density at radius 1 is 1.69 bits per heavy atom. The molecule has 0 aromatic carbocycles. The second-order valence-corrected chi connectivity index (χ2v) is 3.59. The summed E-state index contributed by atoms with van der Waals surface area (Å²) in [6.07, 6.45) is 4.99. The molecule has 0 aliphatic carbocycles. The number of amides is 2. The van der Waals surface area contributed by atoms with Gasteiger partial charge < -0.3 is 15.2 Å². The number of amidine groups is 1. The van der Waals surface area contributed by atoms with Crippen molar-refractivity contribution in [2.24, 2.45) is 17.8 Å². The van der Waals surface area contributed by atoms with Crippen molar-refractivity contribution in [1.82, 2.24) is 14.5 Å². The first kappa shape index (κ1) is 10.4. The molecule has 0 fully saturated rings. The lowest BCUT2D eigenvalue weighted by Gasteiger charge is -2.22. The van der Waals surface area contributed by atoms with Crippen molar-refractivity contribution in [3.05, 3.63) is 30.9 Å². The maximum absolute atomic E-state index is 11.6. The summed E-state index contributed by atoms with van der Waals surface area (Å²) < 4.78 is 1.82. The van der Waals surface area contributed by atoms with E-state index in [-0.39, 0.29) is 12.1 Å². The van der Waals surface area contributed by atoms with Crippen LogP contribution in [-0.2, 0) is 7.05 Å². The Bertz CT molecular complexity index is 462. The van der Waals surface area contributed by atoms with Gasteiger partial charge in [0, 0.05) is 13.6 Å². The Labute approximate surface area is 93.1 Å². The average molecular weight is 219 g/mol. The molecule has 1 aliphatic rings. The molecule has 1 aromatic rings. The molecular formula is C10H13N5O. The minimum Gasteiger partial charge on any atom is -0.385 e. The topological polar surface area (TPSA) is 76.5 Å². The Balaban J connectivity index is 2.38. The summed E-state index contributed by atoms with van der Waals surface area (Å²) >= 11 is 0. The van der Waals surface area contributed by atoms with E-state index in [9.17, 15) is 4.79 Å². The number of aromatic nitrogens is 2. The number of hydrogen-bond acceptors (Lipinski definition) is 3. The van der Waals surface area contributed by atoms with Crippen LogP contribution in [0.3, 0.4) is 0 Å². The van der Waals surface area contributed by atoms with E-state index in [0.29, 0.717) is 12.4 Å². The molecule has 84 valence electrons. The molecule has 2 rings (SSSR count). The van der Waals surface area contributed by atoms with Crippen LogP contribution in [0.2, 0.25) is 0 Å². The maximum atomic E-state index is 11.6. The molecule has 1 unspecified atom stereocenters. The zero-order chi connectivity index (χ0) is 11.7. The number of rotatable bonds is 3. The predicted octanol–water partition coefficient (Wildman–Crippen LogP) is 0.440. The van der Waals surface area contributed by atoms with Gasteiger partial charge in [0.05, 0.1) is 18.2 Å². The normalized spacial score (nSPS) is 20.1. The molecule has 6 nitrogen and oxygen atoms in total. The van der Waals surface area contributed by atoms with E-state index in [4.69, 9.17) is 5.73 Å². The molecule has 1 aromatic heterocycles. The van der Waals surface area contributed by atoms with Gasteiger partial charge in [-0.25, -0.2) is 9.78 Å². The summed E-state index contributed by atoms with van der Waals surface area (Å²) in [5.74, 6) is 0.301. The summed E-state index contributed by atoms with van der Waals surface area (Å²) in [7, 11) is 1.85. The third kappa shape index (κ3) is 1.48. The van der Waals surface area contributed by atoms with Gasteiger partial charge in [-0.2, -0.15) is 4.99 Å². The minimum atomic E-state index is -0.335. The first-order valence-electron chi connectivity index (χ1n) is 4.87. The zero-order valence-corrected chi connectivity index (χ0v) is 9.00. The van der Waals surface area contributed by atoms with Crippen LogP contribution in [0.5, 0.6) is 0 Å². The van der Waals surface area contributed by atoms with Crippen molar-refractivity contribution in [2.45, 2.75) is 6.04 Å². The quantitative estimate of drug-likeness (QED) is 0.749. The van der Waals surface area contributed by atoms with Crippen molar-refractivity contribution in [3.8, 4) is 0 Å². The molecule has 6 heteroatoms. The first-order valence-corrected chi connectivity index (χ1v) is 4.87. The minimum absolute atomic E-state index is 0.301. The number of aliphatic imine (C=N–C) groups is 1. The molecule has 1 aliphatic heterocycles. The van der Waals surface area contributed by atoms with Crippen LogP contribution in [0.15, 0.2) is 30.2 Å². The van der Waals surface area contributed by atoms with Gasteiger partial charge in [-0.05, 0) is 0 Å². The maximum Gasteiger partial charge on any atom is 0.346 e. The van der Waals surface area contributed by atoms with E-state index in [1.165, 1.54) is 0 Å². The summed E-state index contributed by atoms with van der Waals surface area (Å²) in [6.45, 7) is 4.03. The Morgan fingerprint density at radius 2 is 2.44 bits per heavy atom. The molecular weight excluding hydrogens is 206 g/mol. The third-order valence-electron chi connectivity index (χ3n) is 2.52. The molecule has 0 bridgehead atoms. The lowest BCUT2D eigenvalue weighted by Crippen LogP contribution is -2.34. The highest BCUT2D eigenvalue weighted by atomic mass is 16.2. The van der Waals surface area contributed by atoms with Crippen LogP contribution >= 0.6 is 0 Å². The third-order valence-corrected chi connectivity index (χ3v) is 2.52. The van der Waals surface area contributed by atoms with Gasteiger partial charge in [-0.3, -0.25) is 0 Å². The second-order valence-electron chi connectivity index (χ2n) is 3.59. The summed E-state index contributed by atoms with van der Waals surface area (Å²) in [6, 6.07) is -0.665. The van der Waals surface area contributed by atoms with Gasteiger partial charge in [0.15, 0.2) is 0 Å². The van der Waals surface area contributed by atoms with E-state index < -0.39 is 0 Å². The summed E-state index contributed by atoms with van der Waals surface area (Å²) in [5.41, 5.74) is 6.60. The summed E-state index contributed by atoms with van der Waals surface area (Å²) in [5, 5.41) is 0. The zero-order valence-electron chi connectivity index (χ0n) is 9.00. The van der Waals surface area contributed by atoms with E-state index in [1.54, 1.807) is 23.5 Å². The molecule has 2 N–H and O–H groups in total. The molecule has 0 saturated heterocycles. The molecule has 1 atom stereocenters. The number of hydrogen-bond donors (Lipinski definition) is 1. The molecule has 2 amide bonds. The number of aryl methyl sites for hydroxylation is 1. The van der Waals surface area contributed by atoms with Crippen LogP contribution in [0, 0.1) is 0 Å². The van der Waals surface area contributed by atoms with E-state index in [1.807, 2.05) is 11.6 Å². The SMILES string of the molecule is C=CCN1C(=O)N=C(N)C1c1cncn1C. The lowest BCUT2D eigenvalue weighted by atomic mass is 10.2. The van der Waals surface area contributed by atoms with Gasteiger partial charge in [0.1, 0.15) is 11.9 Å². The fourth-order valence-corrected chi connectivity index (χ4v) is 1.77. The van der Waals surface area contributed by atoms with Gasteiger partial charge in [-0.15, -0.1) is 6.58 Å². The monoisotopic (exact) mass is 219 g/mol. The van der Waals surface area contributed by atoms with Gasteiger partial charge in [0.2, 0.25) is 0 Å². The van der Waals surface area contributed by atoms with Crippen molar-refractivity contribution in [3.63, 3.8) is 0 Å². The van der Waals surface area contributed by atoms with E-state index in [2.05, 4.69) is 16.6 Å². The smallest absolute Gasteiger partial charge is 0.346 e.